The largest absolute Gasteiger partial charge is 0.420 e. The maximum absolute atomic E-state index is 11.2. The molecule has 0 unspecified atom stereocenters. The van der Waals surface area contributed by atoms with Gasteiger partial charge in [-0.05, 0) is 19.1 Å². The average molecular weight is 190 g/mol. The zero-order chi connectivity index (χ0) is 10.1. The van der Waals surface area contributed by atoms with Gasteiger partial charge in [-0.25, -0.2) is 9.78 Å². The van der Waals surface area contributed by atoms with E-state index in [0.29, 0.717) is 16.8 Å². The number of aromatic nitrogens is 1. The molecule has 0 spiro atoms. The first-order valence-electron chi connectivity index (χ1n) is 4.30. The SMILES string of the molecule is CNc1ccc2nc(C)c(=O)oc2c1. The van der Waals surface area contributed by atoms with Crippen molar-refractivity contribution in [3.8, 4) is 0 Å². The Morgan fingerprint density at radius 3 is 2.93 bits per heavy atom. The summed E-state index contributed by atoms with van der Waals surface area (Å²) in [4.78, 5) is 15.3. The van der Waals surface area contributed by atoms with Gasteiger partial charge in [0.15, 0.2) is 5.58 Å². The fourth-order valence-corrected chi connectivity index (χ4v) is 1.24. The molecule has 0 aliphatic carbocycles. The van der Waals surface area contributed by atoms with Crippen LogP contribution in [0.2, 0.25) is 0 Å². The minimum atomic E-state index is -0.384. The second-order valence-corrected chi connectivity index (χ2v) is 3.02. The average Bonchev–Trinajstić information content (AvgIpc) is 2.19. The number of hydrogen-bond donors (Lipinski definition) is 1. The van der Waals surface area contributed by atoms with Crippen LogP contribution in [0, 0.1) is 6.92 Å². The van der Waals surface area contributed by atoms with E-state index >= 15 is 0 Å². The Hall–Kier alpha value is -1.84. The Morgan fingerprint density at radius 2 is 2.21 bits per heavy atom. The minimum Gasteiger partial charge on any atom is -0.420 e. The molecule has 0 aliphatic heterocycles. The lowest BCUT2D eigenvalue weighted by Gasteiger charge is -2.01. The Labute approximate surface area is 80.6 Å². The molecular formula is C10H10N2O2. The van der Waals surface area contributed by atoms with E-state index in [4.69, 9.17) is 4.42 Å². The lowest BCUT2D eigenvalue weighted by Crippen LogP contribution is -2.05. The highest BCUT2D eigenvalue weighted by Crippen LogP contribution is 2.15. The highest BCUT2D eigenvalue weighted by Gasteiger charge is 2.02. The van der Waals surface area contributed by atoms with Crippen molar-refractivity contribution in [3.05, 3.63) is 34.3 Å². The third-order valence-electron chi connectivity index (χ3n) is 2.03. The van der Waals surface area contributed by atoms with Gasteiger partial charge in [0, 0.05) is 18.8 Å². The number of aryl methyl sites for hydroxylation is 1. The summed E-state index contributed by atoms with van der Waals surface area (Å²) < 4.78 is 5.08. The Kier molecular flexibility index (Phi) is 1.96. The number of hydrogen-bond acceptors (Lipinski definition) is 4. The molecule has 0 fully saturated rings. The van der Waals surface area contributed by atoms with E-state index in [1.165, 1.54) is 0 Å². The number of nitrogens with one attached hydrogen (secondary N) is 1. The number of fused-ring (bicyclic) bond motifs is 1. The topological polar surface area (TPSA) is 55.1 Å². The van der Waals surface area contributed by atoms with Crippen molar-refractivity contribution in [3.63, 3.8) is 0 Å². The third kappa shape index (κ3) is 1.35. The van der Waals surface area contributed by atoms with E-state index in [9.17, 15) is 4.79 Å². The first-order valence-corrected chi connectivity index (χ1v) is 4.30. The maximum Gasteiger partial charge on any atom is 0.357 e. The Bertz CT molecular complexity index is 531. The van der Waals surface area contributed by atoms with Gasteiger partial charge in [-0.15, -0.1) is 0 Å². The van der Waals surface area contributed by atoms with Crippen molar-refractivity contribution < 1.29 is 4.42 Å². The normalized spacial score (nSPS) is 10.4. The Morgan fingerprint density at radius 1 is 1.43 bits per heavy atom. The van der Waals surface area contributed by atoms with Crippen LogP contribution in [0.5, 0.6) is 0 Å². The van der Waals surface area contributed by atoms with Crippen molar-refractivity contribution in [1.82, 2.24) is 4.98 Å². The van der Waals surface area contributed by atoms with Crippen LogP contribution >= 0.6 is 0 Å². The lowest BCUT2D eigenvalue weighted by molar-refractivity contribution is 0.547. The van der Waals surface area contributed by atoms with E-state index < -0.39 is 0 Å². The highest BCUT2D eigenvalue weighted by molar-refractivity contribution is 5.76. The third-order valence-corrected chi connectivity index (χ3v) is 2.03. The van der Waals surface area contributed by atoms with Crippen molar-refractivity contribution in [1.29, 1.82) is 0 Å². The summed E-state index contributed by atoms with van der Waals surface area (Å²) in [6.45, 7) is 1.64. The molecule has 1 aromatic carbocycles. The van der Waals surface area contributed by atoms with Gasteiger partial charge in [-0.3, -0.25) is 0 Å². The fourth-order valence-electron chi connectivity index (χ4n) is 1.24. The van der Waals surface area contributed by atoms with Crippen LogP contribution in [-0.2, 0) is 0 Å². The first kappa shape index (κ1) is 8.74. The number of anilines is 1. The molecule has 2 rings (SSSR count). The van der Waals surface area contributed by atoms with E-state index in [1.54, 1.807) is 20.0 Å². The predicted molar refractivity (Wildman–Crippen MR) is 54.6 cm³/mol. The van der Waals surface area contributed by atoms with Crippen molar-refractivity contribution in [2.45, 2.75) is 6.92 Å². The molecule has 0 bridgehead atoms. The summed E-state index contributed by atoms with van der Waals surface area (Å²) in [5.74, 6) is 0. The van der Waals surface area contributed by atoms with Gasteiger partial charge in [-0.2, -0.15) is 0 Å². The predicted octanol–water partition coefficient (Wildman–Crippen LogP) is 1.54. The molecule has 0 saturated heterocycles. The van der Waals surface area contributed by atoms with E-state index in [2.05, 4.69) is 10.3 Å². The molecule has 0 atom stereocenters. The maximum atomic E-state index is 11.2. The smallest absolute Gasteiger partial charge is 0.357 e. The summed E-state index contributed by atoms with van der Waals surface area (Å²) in [6.07, 6.45) is 0. The van der Waals surface area contributed by atoms with Crippen LogP contribution < -0.4 is 10.9 Å². The van der Waals surface area contributed by atoms with Gasteiger partial charge >= 0.3 is 5.63 Å². The van der Waals surface area contributed by atoms with Gasteiger partial charge in [0.1, 0.15) is 11.2 Å². The molecule has 4 heteroatoms. The monoisotopic (exact) mass is 190 g/mol. The zero-order valence-corrected chi connectivity index (χ0v) is 8.00. The summed E-state index contributed by atoms with van der Waals surface area (Å²) >= 11 is 0. The van der Waals surface area contributed by atoms with Crippen molar-refractivity contribution in [2.75, 3.05) is 12.4 Å². The molecule has 1 heterocycles. The number of rotatable bonds is 1. The van der Waals surface area contributed by atoms with Crippen LogP contribution in [0.15, 0.2) is 27.4 Å². The minimum absolute atomic E-state index is 0.384. The second kappa shape index (κ2) is 3.14. The van der Waals surface area contributed by atoms with Gasteiger partial charge < -0.3 is 9.73 Å². The number of benzene rings is 1. The van der Waals surface area contributed by atoms with Gasteiger partial charge in [0.2, 0.25) is 0 Å². The zero-order valence-electron chi connectivity index (χ0n) is 8.00. The molecule has 0 amide bonds. The van der Waals surface area contributed by atoms with Gasteiger partial charge in [0.05, 0.1) is 0 Å². The summed E-state index contributed by atoms with van der Waals surface area (Å²) in [6, 6.07) is 5.45. The molecule has 0 saturated carbocycles. The van der Waals surface area contributed by atoms with Crippen LogP contribution in [0.4, 0.5) is 5.69 Å². The van der Waals surface area contributed by atoms with Gasteiger partial charge in [-0.1, -0.05) is 0 Å². The van der Waals surface area contributed by atoms with Crippen LogP contribution in [-0.4, -0.2) is 12.0 Å². The molecule has 14 heavy (non-hydrogen) atoms. The summed E-state index contributed by atoms with van der Waals surface area (Å²) in [7, 11) is 1.81. The van der Waals surface area contributed by atoms with Crippen LogP contribution in [0.1, 0.15) is 5.69 Å². The highest BCUT2D eigenvalue weighted by atomic mass is 16.4. The van der Waals surface area contributed by atoms with E-state index in [1.807, 2.05) is 12.1 Å². The fraction of sp³-hybridized carbons (Fsp3) is 0.200. The molecule has 72 valence electrons. The van der Waals surface area contributed by atoms with Crippen molar-refractivity contribution >= 4 is 16.8 Å². The molecule has 1 aromatic heterocycles. The molecule has 2 aromatic rings. The number of nitrogens with zero attached hydrogens (tertiary/aromatic N) is 1. The van der Waals surface area contributed by atoms with E-state index in [-0.39, 0.29) is 5.63 Å². The summed E-state index contributed by atoms with van der Waals surface area (Å²) in [5.41, 5.74) is 2.10. The summed E-state index contributed by atoms with van der Waals surface area (Å²) in [5, 5.41) is 2.96. The van der Waals surface area contributed by atoms with Crippen LogP contribution in [0.25, 0.3) is 11.1 Å². The Balaban J connectivity index is 2.77. The van der Waals surface area contributed by atoms with Crippen molar-refractivity contribution in [2.24, 2.45) is 0 Å². The van der Waals surface area contributed by atoms with Crippen LogP contribution in [0.3, 0.4) is 0 Å². The first-order chi connectivity index (χ1) is 6.70. The molecule has 4 nitrogen and oxygen atoms in total. The molecule has 0 radical (unpaired) electrons. The molecular weight excluding hydrogens is 180 g/mol. The van der Waals surface area contributed by atoms with E-state index in [0.717, 1.165) is 5.69 Å². The molecule has 1 N–H and O–H groups in total. The molecule has 0 aliphatic rings. The van der Waals surface area contributed by atoms with Gasteiger partial charge in [0.25, 0.3) is 0 Å². The second-order valence-electron chi connectivity index (χ2n) is 3.02. The quantitative estimate of drug-likeness (QED) is 0.741. The lowest BCUT2D eigenvalue weighted by atomic mass is 10.3. The standard InChI is InChI=1S/C10H10N2O2/c1-6-10(13)14-9-5-7(11-2)3-4-8(9)12-6/h3-5,11H,1-2H3.